The van der Waals surface area contributed by atoms with Crippen molar-refractivity contribution in [3.63, 3.8) is 0 Å². The van der Waals surface area contributed by atoms with Gasteiger partial charge in [0, 0.05) is 15.8 Å². The minimum Gasteiger partial charge on any atom is -0.349 e. The van der Waals surface area contributed by atoms with E-state index < -0.39 is 5.82 Å². The summed E-state index contributed by atoms with van der Waals surface area (Å²) in [6.45, 7) is 0. The molecule has 0 radical (unpaired) electrons. The minimum atomic E-state index is -0.490. The maximum Gasteiger partial charge on any atom is 0.254 e. The zero-order valence-corrected chi connectivity index (χ0v) is 12.9. The van der Waals surface area contributed by atoms with Crippen molar-refractivity contribution in [2.24, 2.45) is 5.92 Å². The predicted octanol–water partition coefficient (Wildman–Crippen LogP) is 3.88. The van der Waals surface area contributed by atoms with Gasteiger partial charge in [-0.25, -0.2) is 4.39 Å². The fourth-order valence-corrected chi connectivity index (χ4v) is 3.44. The van der Waals surface area contributed by atoms with E-state index in [0.717, 1.165) is 24.6 Å². The first kappa shape index (κ1) is 14.0. The van der Waals surface area contributed by atoms with Crippen LogP contribution in [0.15, 0.2) is 22.7 Å². The number of halogens is 3. The molecule has 0 heterocycles. The summed E-state index contributed by atoms with van der Waals surface area (Å²) in [5, 5.41) is 3.81. The number of carbonyl (C=O) groups is 1. The fourth-order valence-electron chi connectivity index (χ4n) is 2.33. The van der Waals surface area contributed by atoms with E-state index in [9.17, 15) is 9.18 Å². The zero-order valence-electron chi connectivity index (χ0n) is 9.76. The summed E-state index contributed by atoms with van der Waals surface area (Å²) in [7, 11) is 0. The number of amides is 1. The Hall–Kier alpha value is -0.420. The number of hydrogen-bond donors (Lipinski definition) is 1. The standard InChI is InChI=1S/C13H14Br2FNO/c14-7-8-2-1-3-12(8)17-13(18)10-5-4-9(15)6-11(10)16/h4-6,8,12H,1-3,7H2,(H,17,18). The minimum absolute atomic E-state index is 0.110. The van der Waals surface area contributed by atoms with Gasteiger partial charge in [-0.2, -0.15) is 0 Å². The third-order valence-electron chi connectivity index (χ3n) is 3.35. The highest BCUT2D eigenvalue weighted by molar-refractivity contribution is 9.10. The van der Waals surface area contributed by atoms with Crippen LogP contribution >= 0.6 is 31.9 Å². The third kappa shape index (κ3) is 3.12. The predicted molar refractivity (Wildman–Crippen MR) is 76.5 cm³/mol. The van der Waals surface area contributed by atoms with E-state index in [2.05, 4.69) is 37.2 Å². The highest BCUT2D eigenvalue weighted by Gasteiger charge is 2.28. The normalized spacial score (nSPS) is 23.1. The Kier molecular flexibility index (Phi) is 4.78. The van der Waals surface area contributed by atoms with Gasteiger partial charge in [0.25, 0.3) is 5.91 Å². The van der Waals surface area contributed by atoms with Gasteiger partial charge >= 0.3 is 0 Å². The van der Waals surface area contributed by atoms with Crippen molar-refractivity contribution in [3.8, 4) is 0 Å². The Labute approximate surface area is 123 Å². The summed E-state index contributed by atoms with van der Waals surface area (Å²) in [5.41, 5.74) is 0.110. The maximum atomic E-state index is 13.7. The third-order valence-corrected chi connectivity index (χ3v) is 4.67. The Morgan fingerprint density at radius 3 is 2.89 bits per heavy atom. The van der Waals surface area contributed by atoms with E-state index in [4.69, 9.17) is 0 Å². The maximum absolute atomic E-state index is 13.7. The molecular weight excluding hydrogens is 365 g/mol. The molecule has 5 heteroatoms. The molecule has 2 nitrogen and oxygen atoms in total. The van der Waals surface area contributed by atoms with Gasteiger partial charge in [-0.3, -0.25) is 4.79 Å². The Morgan fingerprint density at radius 1 is 1.44 bits per heavy atom. The van der Waals surface area contributed by atoms with Crippen LogP contribution in [0.5, 0.6) is 0 Å². The molecule has 1 saturated carbocycles. The summed E-state index contributed by atoms with van der Waals surface area (Å²) < 4.78 is 14.3. The van der Waals surface area contributed by atoms with E-state index in [1.54, 1.807) is 6.07 Å². The van der Waals surface area contributed by atoms with Crippen LogP contribution in [0.4, 0.5) is 4.39 Å². The molecule has 1 aromatic carbocycles. The fraction of sp³-hybridized carbons (Fsp3) is 0.462. The van der Waals surface area contributed by atoms with Crippen LogP contribution in [0.3, 0.4) is 0 Å². The number of hydrogen-bond acceptors (Lipinski definition) is 1. The van der Waals surface area contributed by atoms with Crippen LogP contribution in [0.1, 0.15) is 29.6 Å². The van der Waals surface area contributed by atoms with Gasteiger partial charge in [0.15, 0.2) is 0 Å². The van der Waals surface area contributed by atoms with Crippen molar-refractivity contribution in [3.05, 3.63) is 34.1 Å². The summed E-state index contributed by atoms with van der Waals surface area (Å²) in [6.07, 6.45) is 3.20. The van der Waals surface area contributed by atoms with E-state index >= 15 is 0 Å². The van der Waals surface area contributed by atoms with Crippen molar-refractivity contribution in [1.82, 2.24) is 5.32 Å². The van der Waals surface area contributed by atoms with Crippen LogP contribution in [0, 0.1) is 11.7 Å². The number of carbonyl (C=O) groups excluding carboxylic acids is 1. The molecule has 0 bridgehead atoms. The SMILES string of the molecule is O=C(NC1CCCC1CBr)c1ccc(Br)cc1F. The van der Waals surface area contributed by atoms with E-state index in [1.807, 2.05) is 0 Å². The van der Waals surface area contributed by atoms with Gasteiger partial charge in [0.2, 0.25) is 0 Å². The highest BCUT2D eigenvalue weighted by Crippen LogP contribution is 2.27. The zero-order chi connectivity index (χ0) is 13.1. The molecule has 1 aliphatic rings. The molecule has 0 saturated heterocycles. The Bertz CT molecular complexity index is 453. The average Bonchev–Trinajstić information content (AvgIpc) is 2.76. The quantitative estimate of drug-likeness (QED) is 0.794. The van der Waals surface area contributed by atoms with Crippen LogP contribution in [0.2, 0.25) is 0 Å². The van der Waals surface area contributed by atoms with Crippen LogP contribution in [0.25, 0.3) is 0 Å². The molecule has 1 fully saturated rings. The van der Waals surface area contributed by atoms with Crippen molar-refractivity contribution < 1.29 is 9.18 Å². The molecule has 1 N–H and O–H groups in total. The molecular formula is C13H14Br2FNO. The summed E-state index contributed by atoms with van der Waals surface area (Å²) in [6, 6.07) is 4.65. The second-order valence-corrected chi connectivity index (χ2v) is 6.11. The monoisotopic (exact) mass is 377 g/mol. The first-order valence-electron chi connectivity index (χ1n) is 5.93. The lowest BCUT2D eigenvalue weighted by atomic mass is 10.1. The first-order chi connectivity index (χ1) is 8.61. The number of rotatable bonds is 3. The van der Waals surface area contributed by atoms with Crippen molar-refractivity contribution in [2.75, 3.05) is 5.33 Å². The lowest BCUT2D eigenvalue weighted by Gasteiger charge is -2.19. The highest BCUT2D eigenvalue weighted by atomic mass is 79.9. The van der Waals surface area contributed by atoms with Crippen molar-refractivity contribution in [1.29, 1.82) is 0 Å². The van der Waals surface area contributed by atoms with Gasteiger partial charge in [0.05, 0.1) is 5.56 Å². The number of benzene rings is 1. The lowest BCUT2D eigenvalue weighted by molar-refractivity contribution is 0.0926. The Morgan fingerprint density at radius 2 is 2.22 bits per heavy atom. The van der Waals surface area contributed by atoms with Gasteiger partial charge in [0.1, 0.15) is 5.82 Å². The van der Waals surface area contributed by atoms with Gasteiger partial charge in [-0.1, -0.05) is 38.3 Å². The molecule has 98 valence electrons. The molecule has 2 unspecified atom stereocenters. The lowest BCUT2D eigenvalue weighted by Crippen LogP contribution is -2.38. The molecule has 1 aliphatic carbocycles. The van der Waals surface area contributed by atoms with E-state index in [1.165, 1.54) is 12.1 Å². The second-order valence-electron chi connectivity index (χ2n) is 4.55. The topological polar surface area (TPSA) is 29.1 Å². The second kappa shape index (κ2) is 6.15. The summed E-state index contributed by atoms with van der Waals surface area (Å²) in [4.78, 5) is 12.0. The Balaban J connectivity index is 2.07. The molecule has 1 aromatic rings. The van der Waals surface area contributed by atoms with Crippen molar-refractivity contribution in [2.45, 2.75) is 25.3 Å². The van der Waals surface area contributed by atoms with Crippen molar-refractivity contribution >= 4 is 37.8 Å². The van der Waals surface area contributed by atoms with E-state index in [0.29, 0.717) is 10.4 Å². The van der Waals surface area contributed by atoms with Crippen LogP contribution < -0.4 is 5.32 Å². The van der Waals surface area contributed by atoms with Crippen LogP contribution in [-0.4, -0.2) is 17.3 Å². The number of alkyl halides is 1. The molecule has 2 atom stereocenters. The van der Waals surface area contributed by atoms with Gasteiger partial charge in [-0.05, 0) is 37.0 Å². The van der Waals surface area contributed by atoms with E-state index in [-0.39, 0.29) is 17.5 Å². The molecule has 1 amide bonds. The first-order valence-corrected chi connectivity index (χ1v) is 7.85. The molecule has 18 heavy (non-hydrogen) atoms. The van der Waals surface area contributed by atoms with Crippen LogP contribution in [-0.2, 0) is 0 Å². The summed E-state index contributed by atoms with van der Waals surface area (Å²) >= 11 is 6.63. The molecule has 0 spiro atoms. The largest absolute Gasteiger partial charge is 0.349 e. The van der Waals surface area contributed by atoms with Gasteiger partial charge < -0.3 is 5.32 Å². The van der Waals surface area contributed by atoms with Gasteiger partial charge in [-0.15, -0.1) is 0 Å². The summed E-state index contributed by atoms with van der Waals surface area (Å²) in [5.74, 6) is -0.361. The average molecular weight is 379 g/mol. The smallest absolute Gasteiger partial charge is 0.254 e. The number of nitrogens with one attached hydrogen (secondary N) is 1. The molecule has 2 rings (SSSR count). The molecule has 0 aromatic heterocycles. The molecule has 0 aliphatic heterocycles.